The molecule has 0 radical (unpaired) electrons. The van der Waals surface area contributed by atoms with Gasteiger partial charge in [0.1, 0.15) is 5.01 Å². The largest absolute Gasteiger partial charge is 0.292 e. The first-order valence-electron chi connectivity index (χ1n) is 9.15. The zero-order chi connectivity index (χ0) is 16.6. The Balaban J connectivity index is 1.31. The minimum absolute atomic E-state index is 0.699. The first-order chi connectivity index (χ1) is 12.4. The van der Waals surface area contributed by atoms with Gasteiger partial charge in [0, 0.05) is 47.6 Å². The Bertz CT molecular complexity index is 863. The molecule has 0 bridgehead atoms. The van der Waals surface area contributed by atoms with Crippen molar-refractivity contribution in [2.45, 2.75) is 44.7 Å². The Hall–Kier alpha value is -1.98. The van der Waals surface area contributed by atoms with E-state index in [9.17, 15) is 0 Å². The van der Waals surface area contributed by atoms with Crippen LogP contribution in [0.3, 0.4) is 0 Å². The van der Waals surface area contributed by atoms with Crippen LogP contribution in [0.2, 0.25) is 0 Å². The van der Waals surface area contributed by atoms with Crippen LogP contribution in [0.1, 0.15) is 47.1 Å². The number of H-pyrrole nitrogens is 1. The average molecular weight is 350 g/mol. The fraction of sp³-hybridized carbons (Fsp3) is 0.400. The van der Waals surface area contributed by atoms with Crippen molar-refractivity contribution >= 4 is 11.3 Å². The highest BCUT2D eigenvalue weighted by molar-refractivity contribution is 7.09. The fourth-order valence-electron chi connectivity index (χ4n) is 3.84. The minimum Gasteiger partial charge on any atom is -0.292 e. The van der Waals surface area contributed by atoms with E-state index < -0.39 is 0 Å². The molecule has 128 valence electrons. The molecule has 0 atom stereocenters. The SMILES string of the molecule is c1ccc(-c2csc(CN3CCc4[nH]nc(C5CCC5)c4C3)n2)cc1. The molecule has 1 aliphatic carbocycles. The predicted octanol–water partition coefficient (Wildman–Crippen LogP) is 4.36. The molecule has 3 aromatic rings. The van der Waals surface area contributed by atoms with Crippen LogP contribution in [0.5, 0.6) is 0 Å². The molecule has 2 aromatic heterocycles. The number of hydrogen-bond acceptors (Lipinski definition) is 4. The highest BCUT2D eigenvalue weighted by Crippen LogP contribution is 2.39. The predicted molar refractivity (Wildman–Crippen MR) is 101 cm³/mol. The van der Waals surface area contributed by atoms with Crippen molar-refractivity contribution in [3.8, 4) is 11.3 Å². The van der Waals surface area contributed by atoms with Gasteiger partial charge in [-0.3, -0.25) is 10.00 Å². The van der Waals surface area contributed by atoms with E-state index in [1.807, 2.05) is 6.07 Å². The maximum absolute atomic E-state index is 4.86. The molecule has 5 heteroatoms. The topological polar surface area (TPSA) is 44.8 Å². The van der Waals surface area contributed by atoms with Gasteiger partial charge in [-0.25, -0.2) is 4.98 Å². The van der Waals surface area contributed by atoms with Gasteiger partial charge in [-0.2, -0.15) is 5.10 Å². The van der Waals surface area contributed by atoms with Crippen LogP contribution in [0, 0.1) is 0 Å². The molecule has 25 heavy (non-hydrogen) atoms. The standard InChI is InChI=1S/C20H22N4S/c1-2-5-14(6-3-1)18-13-25-19(21-18)12-24-10-9-17-16(11-24)20(23-22-17)15-7-4-8-15/h1-3,5-6,13,15H,4,7-12H2,(H,22,23). The molecule has 1 fully saturated rings. The molecule has 1 aliphatic heterocycles. The maximum Gasteiger partial charge on any atom is 0.107 e. The maximum atomic E-state index is 4.86. The summed E-state index contributed by atoms with van der Waals surface area (Å²) in [6.07, 6.45) is 5.05. The smallest absolute Gasteiger partial charge is 0.107 e. The third-order valence-electron chi connectivity index (χ3n) is 5.52. The van der Waals surface area contributed by atoms with Crippen molar-refractivity contribution in [1.29, 1.82) is 0 Å². The minimum atomic E-state index is 0.699. The number of fused-ring (bicyclic) bond motifs is 1. The van der Waals surface area contributed by atoms with Crippen molar-refractivity contribution in [3.63, 3.8) is 0 Å². The summed E-state index contributed by atoms with van der Waals surface area (Å²) >= 11 is 1.77. The Labute approximate surface area is 151 Å². The van der Waals surface area contributed by atoms with Crippen LogP contribution in [0.15, 0.2) is 35.7 Å². The molecule has 1 saturated carbocycles. The number of thiazole rings is 1. The molecule has 3 heterocycles. The van der Waals surface area contributed by atoms with Crippen LogP contribution in [-0.4, -0.2) is 26.6 Å². The van der Waals surface area contributed by atoms with Gasteiger partial charge in [-0.1, -0.05) is 36.8 Å². The molecule has 0 saturated heterocycles. The van der Waals surface area contributed by atoms with Gasteiger partial charge >= 0.3 is 0 Å². The number of hydrogen-bond donors (Lipinski definition) is 1. The Kier molecular flexibility index (Phi) is 3.91. The molecule has 1 N–H and O–H groups in total. The highest BCUT2D eigenvalue weighted by atomic mass is 32.1. The number of benzene rings is 1. The second-order valence-electron chi connectivity index (χ2n) is 7.15. The lowest BCUT2D eigenvalue weighted by atomic mass is 9.81. The molecule has 0 amide bonds. The quantitative estimate of drug-likeness (QED) is 0.760. The van der Waals surface area contributed by atoms with E-state index in [4.69, 9.17) is 4.98 Å². The summed E-state index contributed by atoms with van der Waals surface area (Å²) in [5.74, 6) is 0.699. The zero-order valence-corrected chi connectivity index (χ0v) is 15.1. The van der Waals surface area contributed by atoms with E-state index in [-0.39, 0.29) is 0 Å². The first kappa shape index (κ1) is 15.3. The Morgan fingerprint density at radius 2 is 2.08 bits per heavy atom. The van der Waals surface area contributed by atoms with Crippen LogP contribution in [0.25, 0.3) is 11.3 Å². The Morgan fingerprint density at radius 3 is 2.88 bits per heavy atom. The summed E-state index contributed by atoms with van der Waals surface area (Å²) in [4.78, 5) is 7.38. The van der Waals surface area contributed by atoms with E-state index >= 15 is 0 Å². The third kappa shape index (κ3) is 2.92. The molecule has 2 aliphatic rings. The molecular weight excluding hydrogens is 328 g/mol. The fourth-order valence-corrected chi connectivity index (χ4v) is 4.69. The van der Waals surface area contributed by atoms with Crippen LogP contribution in [-0.2, 0) is 19.5 Å². The number of nitrogens with one attached hydrogen (secondary N) is 1. The van der Waals surface area contributed by atoms with E-state index in [0.29, 0.717) is 5.92 Å². The molecule has 0 spiro atoms. The summed E-state index contributed by atoms with van der Waals surface area (Å²) in [5, 5.41) is 11.3. The lowest BCUT2D eigenvalue weighted by Gasteiger charge is -2.29. The molecular formula is C20H22N4S. The molecule has 1 aromatic carbocycles. The third-order valence-corrected chi connectivity index (χ3v) is 6.35. The van der Waals surface area contributed by atoms with E-state index in [0.717, 1.165) is 31.7 Å². The monoisotopic (exact) mass is 350 g/mol. The summed E-state index contributed by atoms with van der Waals surface area (Å²) in [5.41, 5.74) is 6.47. The van der Waals surface area contributed by atoms with Crippen LogP contribution >= 0.6 is 11.3 Å². The number of aromatic nitrogens is 3. The number of rotatable bonds is 4. The van der Waals surface area contributed by atoms with Gasteiger partial charge in [-0.05, 0) is 12.8 Å². The summed E-state index contributed by atoms with van der Waals surface area (Å²) in [6.45, 7) is 3.03. The number of nitrogens with zero attached hydrogens (tertiary/aromatic N) is 3. The van der Waals surface area contributed by atoms with E-state index in [1.54, 1.807) is 11.3 Å². The van der Waals surface area contributed by atoms with E-state index in [1.165, 1.54) is 46.8 Å². The second-order valence-corrected chi connectivity index (χ2v) is 8.09. The van der Waals surface area contributed by atoms with Crippen molar-refractivity contribution in [2.24, 2.45) is 0 Å². The van der Waals surface area contributed by atoms with Gasteiger partial charge in [0.2, 0.25) is 0 Å². The summed E-state index contributed by atoms with van der Waals surface area (Å²) in [7, 11) is 0. The van der Waals surface area contributed by atoms with Crippen molar-refractivity contribution in [1.82, 2.24) is 20.1 Å². The van der Waals surface area contributed by atoms with Crippen molar-refractivity contribution in [2.75, 3.05) is 6.54 Å². The molecule has 4 nitrogen and oxygen atoms in total. The zero-order valence-electron chi connectivity index (χ0n) is 14.2. The average Bonchev–Trinajstić information content (AvgIpc) is 3.22. The Morgan fingerprint density at radius 1 is 1.20 bits per heavy atom. The van der Waals surface area contributed by atoms with Gasteiger partial charge in [-0.15, -0.1) is 11.3 Å². The second kappa shape index (κ2) is 6.39. The molecule has 5 rings (SSSR count). The molecule has 0 unspecified atom stereocenters. The number of aromatic amines is 1. The van der Waals surface area contributed by atoms with E-state index in [2.05, 4.69) is 44.7 Å². The van der Waals surface area contributed by atoms with Gasteiger partial charge < -0.3 is 0 Å². The first-order valence-corrected chi connectivity index (χ1v) is 10.0. The normalized spacial score (nSPS) is 18.1. The summed E-state index contributed by atoms with van der Waals surface area (Å²) in [6, 6.07) is 10.4. The van der Waals surface area contributed by atoms with Crippen molar-refractivity contribution < 1.29 is 0 Å². The van der Waals surface area contributed by atoms with Crippen LogP contribution in [0.4, 0.5) is 0 Å². The summed E-state index contributed by atoms with van der Waals surface area (Å²) < 4.78 is 0. The lowest BCUT2D eigenvalue weighted by Crippen LogP contribution is -2.30. The van der Waals surface area contributed by atoms with Crippen molar-refractivity contribution in [3.05, 3.63) is 57.7 Å². The highest BCUT2D eigenvalue weighted by Gasteiger charge is 2.29. The van der Waals surface area contributed by atoms with Gasteiger partial charge in [0.15, 0.2) is 0 Å². The van der Waals surface area contributed by atoms with Gasteiger partial charge in [0.05, 0.1) is 17.9 Å². The van der Waals surface area contributed by atoms with Gasteiger partial charge in [0.25, 0.3) is 0 Å². The lowest BCUT2D eigenvalue weighted by molar-refractivity contribution is 0.242. The van der Waals surface area contributed by atoms with Crippen LogP contribution < -0.4 is 0 Å².